The maximum Gasteiger partial charge on any atom is 0.126 e. The first kappa shape index (κ1) is 17.2. The summed E-state index contributed by atoms with van der Waals surface area (Å²) in [4.78, 5) is 4.45. The molecule has 0 saturated carbocycles. The van der Waals surface area contributed by atoms with E-state index in [9.17, 15) is 0 Å². The van der Waals surface area contributed by atoms with Crippen LogP contribution in [0.15, 0.2) is 12.1 Å². The van der Waals surface area contributed by atoms with Gasteiger partial charge in [-0.05, 0) is 25.0 Å². The van der Waals surface area contributed by atoms with E-state index in [0.717, 1.165) is 43.9 Å². The Morgan fingerprint density at radius 3 is 2.65 bits per heavy atom. The molecule has 1 aromatic rings. The topological polar surface area (TPSA) is 43.4 Å². The van der Waals surface area contributed by atoms with E-state index < -0.39 is 0 Å². The average Bonchev–Trinajstić information content (AvgIpc) is 2.46. The van der Waals surface area contributed by atoms with E-state index in [1.807, 2.05) is 12.1 Å². The third kappa shape index (κ3) is 7.08. The monoisotopic (exact) mass is 300 g/mol. The number of aromatic nitrogens is 1. The molecule has 0 aliphatic heterocycles. The molecule has 114 valence electrons. The van der Waals surface area contributed by atoms with Gasteiger partial charge in [0.2, 0.25) is 0 Å². The van der Waals surface area contributed by atoms with Crippen LogP contribution in [0.1, 0.15) is 38.8 Å². The van der Waals surface area contributed by atoms with Crippen LogP contribution < -0.4 is 5.32 Å². The second kappa shape index (κ2) is 10.9. The number of unbranched alkanes of at least 4 members (excludes halogenated alkanes) is 1. The van der Waals surface area contributed by atoms with Gasteiger partial charge in [0.15, 0.2) is 0 Å². The second-order valence-corrected chi connectivity index (χ2v) is 4.98. The minimum atomic E-state index is 0.414. The molecule has 5 heteroatoms. The van der Waals surface area contributed by atoms with E-state index >= 15 is 0 Å². The first-order valence-corrected chi connectivity index (χ1v) is 7.70. The summed E-state index contributed by atoms with van der Waals surface area (Å²) in [6, 6.07) is 3.73. The van der Waals surface area contributed by atoms with E-state index in [-0.39, 0.29) is 0 Å². The molecule has 4 nitrogen and oxygen atoms in total. The van der Waals surface area contributed by atoms with Crippen molar-refractivity contribution in [3.8, 4) is 0 Å². The Hall–Kier alpha value is -0.840. The quantitative estimate of drug-likeness (QED) is 0.630. The van der Waals surface area contributed by atoms with Gasteiger partial charge in [-0.25, -0.2) is 4.98 Å². The number of anilines is 1. The van der Waals surface area contributed by atoms with E-state index in [2.05, 4.69) is 24.1 Å². The third-order valence-electron chi connectivity index (χ3n) is 2.73. The van der Waals surface area contributed by atoms with Crippen LogP contribution >= 0.6 is 11.6 Å². The predicted molar refractivity (Wildman–Crippen MR) is 83.4 cm³/mol. The largest absolute Gasteiger partial charge is 0.379 e. The Labute approximate surface area is 126 Å². The molecule has 0 amide bonds. The Kier molecular flexibility index (Phi) is 9.37. The molecule has 1 N–H and O–H groups in total. The highest BCUT2D eigenvalue weighted by Crippen LogP contribution is 2.17. The molecule has 1 rings (SSSR count). The van der Waals surface area contributed by atoms with Crippen molar-refractivity contribution in [3.63, 3.8) is 0 Å². The molecule has 0 aromatic carbocycles. The number of rotatable bonds is 11. The van der Waals surface area contributed by atoms with Crippen LogP contribution in [-0.2, 0) is 16.1 Å². The number of hydrogen-bond donors (Lipinski definition) is 1. The lowest BCUT2D eigenvalue weighted by Crippen LogP contribution is -2.08. The Bertz CT molecular complexity index is 375. The molecule has 0 aliphatic rings. The van der Waals surface area contributed by atoms with Crippen molar-refractivity contribution >= 4 is 17.4 Å². The smallest absolute Gasteiger partial charge is 0.126 e. The highest BCUT2D eigenvalue weighted by molar-refractivity contribution is 6.31. The number of nitrogens with one attached hydrogen (secondary N) is 1. The van der Waals surface area contributed by atoms with E-state index in [1.165, 1.54) is 0 Å². The first-order valence-electron chi connectivity index (χ1n) is 7.32. The van der Waals surface area contributed by atoms with Gasteiger partial charge < -0.3 is 14.8 Å². The maximum absolute atomic E-state index is 6.11. The van der Waals surface area contributed by atoms with E-state index in [4.69, 9.17) is 21.1 Å². The van der Waals surface area contributed by atoms with Crippen molar-refractivity contribution in [3.05, 3.63) is 22.8 Å². The standard InChI is InChI=1S/C15H25ClN2O2/c1-3-5-9-19-10-11-20-12-14-13(16)6-7-15(18-14)17-8-4-2/h6-7H,3-5,8-12H2,1-2H3,(H,17,18). The van der Waals surface area contributed by atoms with Crippen LogP contribution in [0.25, 0.3) is 0 Å². The maximum atomic E-state index is 6.11. The molecule has 0 fully saturated rings. The van der Waals surface area contributed by atoms with Crippen LogP contribution in [0.4, 0.5) is 5.82 Å². The lowest BCUT2D eigenvalue weighted by Gasteiger charge is -2.09. The minimum Gasteiger partial charge on any atom is -0.379 e. The van der Waals surface area contributed by atoms with Gasteiger partial charge in [0, 0.05) is 13.2 Å². The average molecular weight is 301 g/mol. The summed E-state index contributed by atoms with van der Waals surface area (Å²) in [7, 11) is 0. The predicted octanol–water partition coefficient (Wildman–Crippen LogP) is 3.89. The van der Waals surface area contributed by atoms with Gasteiger partial charge in [-0.15, -0.1) is 0 Å². The SMILES string of the molecule is CCCCOCCOCc1nc(NCCC)ccc1Cl. The summed E-state index contributed by atoms with van der Waals surface area (Å²) in [6.07, 6.45) is 3.31. The zero-order valence-electron chi connectivity index (χ0n) is 12.5. The molecular weight excluding hydrogens is 276 g/mol. The summed E-state index contributed by atoms with van der Waals surface area (Å²) >= 11 is 6.11. The number of pyridine rings is 1. The molecule has 0 saturated heterocycles. The molecule has 1 aromatic heterocycles. The lowest BCUT2D eigenvalue weighted by atomic mass is 10.3. The Balaban J connectivity index is 2.27. The van der Waals surface area contributed by atoms with E-state index in [0.29, 0.717) is 24.8 Å². The van der Waals surface area contributed by atoms with Gasteiger partial charge in [0.1, 0.15) is 5.82 Å². The molecule has 0 aliphatic carbocycles. The van der Waals surface area contributed by atoms with Gasteiger partial charge >= 0.3 is 0 Å². The van der Waals surface area contributed by atoms with Gasteiger partial charge in [-0.1, -0.05) is 31.9 Å². The van der Waals surface area contributed by atoms with Crippen LogP contribution in [0, 0.1) is 0 Å². The fraction of sp³-hybridized carbons (Fsp3) is 0.667. The van der Waals surface area contributed by atoms with E-state index in [1.54, 1.807) is 0 Å². The fourth-order valence-electron chi connectivity index (χ4n) is 1.57. The van der Waals surface area contributed by atoms with Crippen molar-refractivity contribution < 1.29 is 9.47 Å². The second-order valence-electron chi connectivity index (χ2n) is 4.57. The van der Waals surface area contributed by atoms with Crippen LogP contribution in [0.3, 0.4) is 0 Å². The van der Waals surface area contributed by atoms with Gasteiger partial charge in [-0.3, -0.25) is 0 Å². The fourth-order valence-corrected chi connectivity index (χ4v) is 1.73. The first-order chi connectivity index (χ1) is 9.77. The number of nitrogens with zero attached hydrogens (tertiary/aromatic N) is 1. The van der Waals surface area contributed by atoms with Gasteiger partial charge in [-0.2, -0.15) is 0 Å². The van der Waals surface area contributed by atoms with Crippen molar-refractivity contribution in [2.24, 2.45) is 0 Å². The highest BCUT2D eigenvalue weighted by atomic mass is 35.5. The number of hydrogen-bond acceptors (Lipinski definition) is 4. The summed E-state index contributed by atoms with van der Waals surface area (Å²) < 4.78 is 11.0. The number of ether oxygens (including phenoxy) is 2. The summed E-state index contributed by atoms with van der Waals surface area (Å²) in [5.41, 5.74) is 0.765. The van der Waals surface area contributed by atoms with Crippen molar-refractivity contribution in [2.45, 2.75) is 39.7 Å². The van der Waals surface area contributed by atoms with Crippen LogP contribution in [0.2, 0.25) is 5.02 Å². The summed E-state index contributed by atoms with van der Waals surface area (Å²) in [5, 5.41) is 3.87. The molecular formula is C15H25ClN2O2. The van der Waals surface area contributed by atoms with Crippen molar-refractivity contribution in [2.75, 3.05) is 31.7 Å². The van der Waals surface area contributed by atoms with Crippen molar-refractivity contribution in [1.82, 2.24) is 4.98 Å². The highest BCUT2D eigenvalue weighted by Gasteiger charge is 2.04. The lowest BCUT2D eigenvalue weighted by molar-refractivity contribution is 0.0386. The molecule has 0 radical (unpaired) electrons. The molecule has 0 unspecified atom stereocenters. The van der Waals surface area contributed by atoms with Crippen LogP contribution in [-0.4, -0.2) is 31.3 Å². The Morgan fingerprint density at radius 2 is 1.90 bits per heavy atom. The minimum absolute atomic E-state index is 0.414. The molecule has 0 bridgehead atoms. The third-order valence-corrected chi connectivity index (χ3v) is 3.07. The number of halogens is 1. The molecule has 1 heterocycles. The molecule has 0 spiro atoms. The van der Waals surface area contributed by atoms with Gasteiger partial charge in [0.25, 0.3) is 0 Å². The normalized spacial score (nSPS) is 10.8. The zero-order valence-corrected chi connectivity index (χ0v) is 13.2. The molecule has 0 atom stereocenters. The zero-order chi connectivity index (χ0) is 14.6. The summed E-state index contributed by atoms with van der Waals surface area (Å²) in [5.74, 6) is 0.842. The van der Waals surface area contributed by atoms with Gasteiger partial charge in [0.05, 0.1) is 30.5 Å². The Morgan fingerprint density at radius 1 is 1.10 bits per heavy atom. The summed E-state index contributed by atoms with van der Waals surface area (Å²) in [6.45, 7) is 7.56. The van der Waals surface area contributed by atoms with Crippen molar-refractivity contribution in [1.29, 1.82) is 0 Å². The van der Waals surface area contributed by atoms with Crippen LogP contribution in [0.5, 0.6) is 0 Å². The molecule has 20 heavy (non-hydrogen) atoms.